The van der Waals surface area contributed by atoms with Gasteiger partial charge in [-0.3, -0.25) is 5.01 Å². The van der Waals surface area contributed by atoms with Crippen molar-refractivity contribution in [2.45, 2.75) is 31.3 Å². The third-order valence-corrected chi connectivity index (χ3v) is 3.86. The Morgan fingerprint density at radius 1 is 1.11 bits per heavy atom. The molecule has 3 nitrogen and oxygen atoms in total. The first-order chi connectivity index (χ1) is 8.79. The van der Waals surface area contributed by atoms with Crippen molar-refractivity contribution < 1.29 is 0 Å². The maximum absolute atomic E-state index is 9.40. The van der Waals surface area contributed by atoms with E-state index in [9.17, 15) is 5.26 Å². The zero-order chi connectivity index (χ0) is 12.5. The van der Waals surface area contributed by atoms with E-state index in [1.807, 2.05) is 24.3 Å². The van der Waals surface area contributed by atoms with Crippen LogP contribution in [0.25, 0.3) is 0 Å². The van der Waals surface area contributed by atoms with Crippen LogP contribution < -0.4 is 5.01 Å². The lowest BCUT2D eigenvalue weighted by Gasteiger charge is -2.41. The van der Waals surface area contributed by atoms with E-state index < -0.39 is 0 Å². The summed E-state index contributed by atoms with van der Waals surface area (Å²) in [5, 5.41) is 14.0. The Labute approximate surface area is 112 Å². The van der Waals surface area contributed by atoms with E-state index >= 15 is 0 Å². The van der Waals surface area contributed by atoms with E-state index in [-0.39, 0.29) is 12.1 Å². The van der Waals surface area contributed by atoms with Gasteiger partial charge in [0, 0.05) is 5.02 Å². The normalized spacial score (nSPS) is 26.0. The maximum Gasteiger partial charge on any atom is 0.200 e. The molecule has 4 heteroatoms. The Hall–Kier alpha value is -1.66. The molecule has 18 heavy (non-hydrogen) atoms. The van der Waals surface area contributed by atoms with E-state index in [4.69, 9.17) is 11.6 Å². The van der Waals surface area contributed by atoms with E-state index in [2.05, 4.69) is 23.4 Å². The van der Waals surface area contributed by atoms with Gasteiger partial charge in [-0.05, 0) is 43.5 Å². The van der Waals surface area contributed by atoms with E-state index in [0.29, 0.717) is 0 Å². The van der Waals surface area contributed by atoms with Crippen molar-refractivity contribution in [2.75, 3.05) is 5.01 Å². The van der Waals surface area contributed by atoms with Gasteiger partial charge in [-0.1, -0.05) is 23.8 Å². The molecule has 1 fully saturated rings. The fourth-order valence-corrected chi connectivity index (χ4v) is 2.87. The lowest BCUT2D eigenvalue weighted by atomic mass is 10.1. The first-order valence-electron chi connectivity index (χ1n) is 6.21. The van der Waals surface area contributed by atoms with Crippen LogP contribution in [0.5, 0.6) is 0 Å². The molecule has 4 rings (SSSR count). The van der Waals surface area contributed by atoms with Crippen molar-refractivity contribution in [1.29, 1.82) is 5.26 Å². The molecule has 0 saturated carbocycles. The highest BCUT2D eigenvalue weighted by molar-refractivity contribution is 6.30. The van der Waals surface area contributed by atoms with Crippen molar-refractivity contribution in [3.63, 3.8) is 0 Å². The number of benzene rings is 1. The van der Waals surface area contributed by atoms with Gasteiger partial charge in [0.05, 0.1) is 17.8 Å². The molecule has 1 aromatic carbocycles. The molecule has 0 amide bonds. The second-order valence-electron chi connectivity index (χ2n) is 4.72. The molecule has 1 aromatic rings. The van der Waals surface area contributed by atoms with Crippen LogP contribution in [0.1, 0.15) is 19.3 Å². The Morgan fingerprint density at radius 3 is 2.50 bits per heavy atom. The second-order valence-corrected chi connectivity index (χ2v) is 5.15. The maximum atomic E-state index is 9.40. The summed E-state index contributed by atoms with van der Waals surface area (Å²) < 4.78 is 0. The standard InChI is InChI=1S/C14H14ClN3/c15-11-4-6-14(7-5-11)18-13-3-1-2-12(8-9-13)17(18)10-16/h4-9,12-13H,1-3H2/t12-,13-/m1/s1. The van der Waals surface area contributed by atoms with Gasteiger partial charge in [-0.15, -0.1) is 0 Å². The van der Waals surface area contributed by atoms with Crippen LogP contribution in [0.4, 0.5) is 5.69 Å². The number of rotatable bonds is 1. The topological polar surface area (TPSA) is 30.3 Å². The van der Waals surface area contributed by atoms with E-state index in [1.54, 1.807) is 5.01 Å². The first-order valence-corrected chi connectivity index (χ1v) is 6.59. The van der Waals surface area contributed by atoms with Crippen molar-refractivity contribution in [3.05, 3.63) is 41.4 Å². The minimum absolute atomic E-state index is 0.199. The predicted octanol–water partition coefficient (Wildman–Crippen LogP) is 3.34. The Kier molecular flexibility index (Phi) is 2.89. The third-order valence-electron chi connectivity index (χ3n) is 3.61. The molecule has 0 aromatic heterocycles. The highest BCUT2D eigenvalue weighted by Crippen LogP contribution is 2.33. The van der Waals surface area contributed by atoms with Gasteiger partial charge in [-0.25, -0.2) is 5.01 Å². The van der Waals surface area contributed by atoms with Crippen molar-refractivity contribution >= 4 is 17.3 Å². The van der Waals surface area contributed by atoms with Gasteiger partial charge in [-0.2, -0.15) is 5.26 Å². The van der Waals surface area contributed by atoms with Crippen LogP contribution in [-0.2, 0) is 0 Å². The monoisotopic (exact) mass is 259 g/mol. The molecule has 0 spiro atoms. The van der Waals surface area contributed by atoms with Gasteiger partial charge in [0.1, 0.15) is 0 Å². The van der Waals surface area contributed by atoms with Crippen molar-refractivity contribution in [1.82, 2.24) is 5.01 Å². The molecule has 2 bridgehead atoms. The number of fused-ring (bicyclic) bond motifs is 3. The Morgan fingerprint density at radius 2 is 1.78 bits per heavy atom. The van der Waals surface area contributed by atoms with Crippen LogP contribution in [0, 0.1) is 11.5 Å². The number of halogens is 1. The van der Waals surface area contributed by atoms with Crippen LogP contribution >= 0.6 is 11.6 Å². The predicted molar refractivity (Wildman–Crippen MR) is 72.0 cm³/mol. The lowest BCUT2D eigenvalue weighted by Crippen LogP contribution is -2.51. The second kappa shape index (κ2) is 4.55. The highest BCUT2D eigenvalue weighted by atomic mass is 35.5. The minimum Gasteiger partial charge on any atom is -0.269 e. The third kappa shape index (κ3) is 1.83. The summed E-state index contributed by atoms with van der Waals surface area (Å²) in [5.74, 6) is 0. The van der Waals surface area contributed by atoms with E-state index in [0.717, 1.165) is 30.0 Å². The molecule has 1 aliphatic carbocycles. The summed E-state index contributed by atoms with van der Waals surface area (Å²) >= 11 is 5.92. The van der Waals surface area contributed by atoms with Crippen LogP contribution in [-0.4, -0.2) is 17.1 Å². The number of hydrogen-bond donors (Lipinski definition) is 0. The Balaban J connectivity index is 2.01. The molecule has 2 atom stereocenters. The lowest BCUT2D eigenvalue weighted by molar-refractivity contribution is 0.288. The average molecular weight is 260 g/mol. The molecular formula is C14H14ClN3. The molecule has 92 valence electrons. The van der Waals surface area contributed by atoms with Gasteiger partial charge >= 0.3 is 0 Å². The number of hydrazine groups is 1. The zero-order valence-corrected chi connectivity index (χ0v) is 10.7. The fourth-order valence-electron chi connectivity index (χ4n) is 2.74. The molecule has 0 N–H and O–H groups in total. The number of anilines is 1. The molecule has 2 aliphatic heterocycles. The summed E-state index contributed by atoms with van der Waals surface area (Å²) in [5.41, 5.74) is 1.03. The number of nitrogens with zero attached hydrogens (tertiary/aromatic N) is 3. The molecule has 1 saturated heterocycles. The summed E-state index contributed by atoms with van der Waals surface area (Å²) in [6, 6.07) is 8.17. The minimum atomic E-state index is 0.199. The van der Waals surface area contributed by atoms with Gasteiger partial charge < -0.3 is 0 Å². The molecule has 3 aliphatic rings. The largest absolute Gasteiger partial charge is 0.269 e. The summed E-state index contributed by atoms with van der Waals surface area (Å²) in [6.07, 6.45) is 9.99. The van der Waals surface area contributed by atoms with Gasteiger partial charge in [0.25, 0.3) is 0 Å². The van der Waals surface area contributed by atoms with Gasteiger partial charge in [0.15, 0.2) is 0 Å². The number of nitriles is 1. The quantitative estimate of drug-likeness (QED) is 0.572. The average Bonchev–Trinajstić information content (AvgIpc) is 2.72. The number of hydrogen-bond acceptors (Lipinski definition) is 3. The fraction of sp³-hybridized carbons (Fsp3) is 0.357. The van der Waals surface area contributed by atoms with Crippen LogP contribution in [0.2, 0.25) is 5.02 Å². The molecule has 0 radical (unpaired) electrons. The highest BCUT2D eigenvalue weighted by Gasteiger charge is 2.34. The first kappa shape index (κ1) is 11.4. The summed E-state index contributed by atoms with van der Waals surface area (Å²) in [7, 11) is 0. The summed E-state index contributed by atoms with van der Waals surface area (Å²) in [4.78, 5) is 0. The SMILES string of the molecule is N#CN1[C@H]2C=C[C@@H](CCC2)N1c1ccc(Cl)cc1. The van der Waals surface area contributed by atoms with Crippen LogP contribution in [0.15, 0.2) is 36.4 Å². The summed E-state index contributed by atoms with van der Waals surface area (Å²) in [6.45, 7) is 0. The van der Waals surface area contributed by atoms with Crippen molar-refractivity contribution in [2.24, 2.45) is 0 Å². The zero-order valence-electron chi connectivity index (χ0n) is 9.96. The van der Waals surface area contributed by atoms with Crippen molar-refractivity contribution in [3.8, 4) is 6.19 Å². The van der Waals surface area contributed by atoms with Crippen LogP contribution in [0.3, 0.4) is 0 Å². The molecular weight excluding hydrogens is 246 g/mol. The smallest absolute Gasteiger partial charge is 0.200 e. The van der Waals surface area contributed by atoms with E-state index in [1.165, 1.54) is 0 Å². The molecule has 2 heterocycles. The Bertz CT molecular complexity index is 503. The van der Waals surface area contributed by atoms with Gasteiger partial charge in [0.2, 0.25) is 6.19 Å². The molecule has 0 unspecified atom stereocenters.